The number of aliphatic imine (C=N–C) groups is 1. The predicted octanol–water partition coefficient (Wildman–Crippen LogP) is 14.5. The molecule has 1 nitrogen and oxygen atoms in total. The molecule has 0 bridgehead atoms. The zero-order valence-electron chi connectivity index (χ0n) is 31.1. The molecule has 7 aromatic rings. The van der Waals surface area contributed by atoms with Crippen LogP contribution in [0.25, 0.3) is 55.8 Å². The van der Waals surface area contributed by atoms with Crippen molar-refractivity contribution in [3.63, 3.8) is 0 Å². The fraction of sp³-hybridized carbons (Fsp3) is 0.0556. The van der Waals surface area contributed by atoms with Crippen molar-refractivity contribution in [2.75, 3.05) is 0 Å². The van der Waals surface area contributed by atoms with Gasteiger partial charge < -0.3 is 0 Å². The summed E-state index contributed by atoms with van der Waals surface area (Å²) in [5.74, 6) is 0.263. The number of allylic oxidation sites excluding steroid dienone is 6. The second kappa shape index (κ2) is 16.5. The monoisotopic (exact) mass is 705 g/mol. The lowest BCUT2D eigenvalue weighted by atomic mass is 9.81. The Morgan fingerprint density at radius 3 is 1.71 bits per heavy atom. The molecule has 1 aliphatic carbocycles. The van der Waals surface area contributed by atoms with Crippen molar-refractivity contribution in [1.29, 1.82) is 0 Å². The highest BCUT2D eigenvalue weighted by Crippen LogP contribution is 2.43. The Balaban J connectivity index is 1.37. The summed E-state index contributed by atoms with van der Waals surface area (Å²) in [7, 11) is 0. The van der Waals surface area contributed by atoms with E-state index in [9.17, 15) is 0 Å². The van der Waals surface area contributed by atoms with E-state index in [1.165, 1.54) is 44.5 Å². The summed E-state index contributed by atoms with van der Waals surface area (Å²) < 4.78 is 0. The van der Waals surface area contributed by atoms with Gasteiger partial charge in [-0.2, -0.15) is 0 Å². The van der Waals surface area contributed by atoms with Crippen LogP contribution in [0, 0.1) is 0 Å². The summed E-state index contributed by atoms with van der Waals surface area (Å²) in [6, 6.07) is 64.8. The third-order valence-corrected chi connectivity index (χ3v) is 10.3. The molecule has 8 rings (SSSR count). The van der Waals surface area contributed by atoms with Gasteiger partial charge in [0.25, 0.3) is 0 Å². The average Bonchev–Trinajstić information content (AvgIpc) is 3.27. The predicted molar refractivity (Wildman–Crippen MR) is 236 cm³/mol. The van der Waals surface area contributed by atoms with E-state index in [-0.39, 0.29) is 5.92 Å². The third kappa shape index (κ3) is 7.93. The normalized spacial score (nSPS) is 14.2. The Bertz CT molecular complexity index is 2550. The first-order valence-corrected chi connectivity index (χ1v) is 19.0. The van der Waals surface area contributed by atoms with Gasteiger partial charge in [0.1, 0.15) is 0 Å². The molecule has 7 aromatic carbocycles. The zero-order valence-corrected chi connectivity index (χ0v) is 31.1. The van der Waals surface area contributed by atoms with Gasteiger partial charge in [0.15, 0.2) is 0 Å². The second-order valence-corrected chi connectivity index (χ2v) is 14.0. The highest BCUT2D eigenvalue weighted by Gasteiger charge is 2.21. The molecule has 0 heterocycles. The molecule has 0 fully saturated rings. The van der Waals surface area contributed by atoms with Gasteiger partial charge in [-0.25, -0.2) is 0 Å². The van der Waals surface area contributed by atoms with Crippen molar-refractivity contribution in [2.24, 2.45) is 4.99 Å². The van der Waals surface area contributed by atoms with Crippen LogP contribution in [-0.4, -0.2) is 5.71 Å². The lowest BCUT2D eigenvalue weighted by Crippen LogP contribution is -2.03. The highest BCUT2D eigenvalue weighted by atomic mass is 14.8. The van der Waals surface area contributed by atoms with Crippen molar-refractivity contribution in [2.45, 2.75) is 19.3 Å². The van der Waals surface area contributed by atoms with Crippen molar-refractivity contribution in [3.8, 4) is 44.5 Å². The van der Waals surface area contributed by atoms with E-state index in [0.717, 1.165) is 45.7 Å². The van der Waals surface area contributed by atoms with Crippen LogP contribution in [0.5, 0.6) is 0 Å². The van der Waals surface area contributed by atoms with E-state index in [2.05, 4.69) is 202 Å². The second-order valence-electron chi connectivity index (χ2n) is 14.0. The van der Waals surface area contributed by atoms with Gasteiger partial charge >= 0.3 is 0 Å². The van der Waals surface area contributed by atoms with Crippen molar-refractivity contribution >= 4 is 17.0 Å². The fourth-order valence-corrected chi connectivity index (χ4v) is 7.55. The van der Waals surface area contributed by atoms with Gasteiger partial charge in [-0.15, -0.1) is 0 Å². The van der Waals surface area contributed by atoms with E-state index in [0.29, 0.717) is 0 Å². The highest BCUT2D eigenvalue weighted by molar-refractivity contribution is 6.05. The van der Waals surface area contributed by atoms with Gasteiger partial charge in [-0.3, -0.25) is 4.99 Å². The first-order valence-electron chi connectivity index (χ1n) is 19.0. The van der Waals surface area contributed by atoms with E-state index in [1.54, 1.807) is 0 Å². The maximum atomic E-state index is 5.42. The molecule has 1 heteroatoms. The van der Waals surface area contributed by atoms with Crippen molar-refractivity contribution < 1.29 is 0 Å². The molecule has 0 N–H and O–H groups in total. The van der Waals surface area contributed by atoms with Crippen LogP contribution in [0.1, 0.15) is 41.5 Å². The quantitative estimate of drug-likeness (QED) is 0.0992. The minimum atomic E-state index is 0.263. The van der Waals surface area contributed by atoms with Crippen molar-refractivity contribution in [1.82, 2.24) is 0 Å². The van der Waals surface area contributed by atoms with Gasteiger partial charge in [-0.05, 0) is 104 Å². The molecule has 0 aromatic heterocycles. The average molecular weight is 706 g/mol. The molecule has 0 amide bonds. The minimum absolute atomic E-state index is 0.263. The van der Waals surface area contributed by atoms with E-state index in [4.69, 9.17) is 4.99 Å². The Kier molecular flexibility index (Phi) is 10.5. The van der Waals surface area contributed by atoms with Gasteiger partial charge in [0.2, 0.25) is 0 Å². The van der Waals surface area contributed by atoms with Gasteiger partial charge in [0, 0.05) is 17.2 Å². The molecule has 1 atom stereocenters. The minimum Gasteiger partial charge on any atom is -0.252 e. The Morgan fingerprint density at radius 1 is 0.527 bits per heavy atom. The van der Waals surface area contributed by atoms with E-state index < -0.39 is 0 Å². The molecule has 0 spiro atoms. The molecular formula is C54H43N. The zero-order chi connectivity index (χ0) is 37.4. The standard InChI is InChI=1S/C54H43N/c1-39(41-21-8-3-9-22-41)35-53(45-29-16-7-17-30-45)55-40(2)46-36-47(50-32-19-18-31-49(50)42-23-10-4-11-24-42)38-48(37-46)54-51(43-25-12-5-13-26-43)33-20-34-52(54)44-27-14-6-15-28-44/h3-27,29-38,44H,1,28H2,2H3/b53-35-,55-40?. The molecule has 1 unspecified atom stereocenters. The summed E-state index contributed by atoms with van der Waals surface area (Å²) >= 11 is 0. The number of hydrogen-bond donors (Lipinski definition) is 0. The molecule has 0 saturated carbocycles. The molecule has 55 heavy (non-hydrogen) atoms. The van der Waals surface area contributed by atoms with Gasteiger partial charge in [-0.1, -0.05) is 195 Å². The Labute approximate surface area is 325 Å². The van der Waals surface area contributed by atoms with Crippen LogP contribution in [0.2, 0.25) is 0 Å². The summed E-state index contributed by atoms with van der Waals surface area (Å²) in [5, 5.41) is 0. The van der Waals surface area contributed by atoms with Crippen LogP contribution in [0.15, 0.2) is 224 Å². The largest absolute Gasteiger partial charge is 0.252 e. The SMILES string of the molecule is C=C(/C=C(\N=C(C)c1cc(-c2ccccc2-c2ccccc2)cc(-c2c(-c3ccccc3)cccc2C2C=CC=CC2)c1)c1ccccc1)c1ccccc1. The van der Waals surface area contributed by atoms with Crippen LogP contribution in [0.4, 0.5) is 0 Å². The number of rotatable bonds is 10. The number of benzene rings is 7. The van der Waals surface area contributed by atoms with Crippen molar-refractivity contribution in [3.05, 3.63) is 241 Å². The Morgan fingerprint density at radius 2 is 1.07 bits per heavy atom. The van der Waals surface area contributed by atoms with Crippen LogP contribution >= 0.6 is 0 Å². The van der Waals surface area contributed by atoms with Crippen LogP contribution in [-0.2, 0) is 0 Å². The Hall–Kier alpha value is -6.83. The lowest BCUT2D eigenvalue weighted by molar-refractivity contribution is 0.856. The lowest BCUT2D eigenvalue weighted by Gasteiger charge is -2.23. The van der Waals surface area contributed by atoms with Crippen LogP contribution in [0.3, 0.4) is 0 Å². The fourth-order valence-electron chi connectivity index (χ4n) is 7.55. The smallest absolute Gasteiger partial charge is 0.0711 e. The number of nitrogens with zero attached hydrogens (tertiary/aromatic N) is 1. The summed E-state index contributed by atoms with van der Waals surface area (Å²) in [6.07, 6.45) is 12.0. The molecule has 264 valence electrons. The topological polar surface area (TPSA) is 12.4 Å². The summed E-state index contributed by atoms with van der Waals surface area (Å²) in [5.41, 5.74) is 16.8. The van der Waals surface area contributed by atoms with E-state index >= 15 is 0 Å². The maximum Gasteiger partial charge on any atom is 0.0711 e. The maximum absolute atomic E-state index is 5.42. The summed E-state index contributed by atoms with van der Waals surface area (Å²) in [6.45, 7) is 6.58. The third-order valence-electron chi connectivity index (χ3n) is 10.3. The van der Waals surface area contributed by atoms with E-state index in [1.807, 2.05) is 24.3 Å². The number of hydrogen-bond acceptors (Lipinski definition) is 1. The molecule has 0 saturated heterocycles. The molecular weight excluding hydrogens is 663 g/mol. The molecule has 0 aliphatic heterocycles. The molecule has 1 aliphatic rings. The van der Waals surface area contributed by atoms with Gasteiger partial charge in [0.05, 0.1) is 5.70 Å². The molecule has 0 radical (unpaired) electrons. The van der Waals surface area contributed by atoms with Crippen LogP contribution < -0.4 is 0 Å². The first kappa shape index (κ1) is 35.2. The first-order chi connectivity index (χ1) is 27.1. The summed E-state index contributed by atoms with van der Waals surface area (Å²) in [4.78, 5) is 5.42.